The molecule has 2 rings (SSSR count). The smallest absolute Gasteiger partial charge is 0.312 e. The van der Waals surface area contributed by atoms with Crippen LogP contribution in [0.2, 0.25) is 0 Å². The quantitative estimate of drug-likeness (QED) is 0.607. The molecule has 7 heteroatoms. The fraction of sp³-hybridized carbons (Fsp3) is 0.333. The van der Waals surface area contributed by atoms with Gasteiger partial charge >= 0.3 is 5.97 Å². The molecule has 0 aliphatic rings. The minimum Gasteiger partial charge on any atom is -0.493 e. The number of methoxy groups -OCH3 is 1. The number of nitrogens with one attached hydrogen (secondary N) is 1. The molecule has 6 nitrogen and oxygen atoms in total. The maximum Gasteiger partial charge on any atom is 0.312 e. The highest BCUT2D eigenvalue weighted by molar-refractivity contribution is 5.95. The zero-order valence-corrected chi connectivity index (χ0v) is 15.9. The van der Waals surface area contributed by atoms with Crippen LogP contribution in [0.1, 0.15) is 41.6 Å². The summed E-state index contributed by atoms with van der Waals surface area (Å²) in [6, 6.07) is 9.96. The second-order valence-electron chi connectivity index (χ2n) is 6.22. The largest absolute Gasteiger partial charge is 0.493 e. The Morgan fingerprint density at radius 3 is 2.46 bits per heavy atom. The lowest BCUT2D eigenvalue weighted by Gasteiger charge is -2.15. The Labute approximate surface area is 163 Å². The van der Waals surface area contributed by atoms with Crippen LogP contribution in [-0.2, 0) is 4.79 Å². The van der Waals surface area contributed by atoms with Gasteiger partial charge < -0.3 is 19.9 Å². The van der Waals surface area contributed by atoms with Crippen LogP contribution in [0.15, 0.2) is 42.5 Å². The average Bonchev–Trinajstić information content (AvgIpc) is 2.69. The van der Waals surface area contributed by atoms with E-state index in [0.717, 1.165) is 12.8 Å². The van der Waals surface area contributed by atoms with Gasteiger partial charge in [-0.05, 0) is 42.3 Å². The molecule has 1 atom stereocenters. The molecule has 0 fully saturated rings. The number of carbonyl (C=O) groups is 2. The molecule has 0 aliphatic carbocycles. The second-order valence-corrected chi connectivity index (χ2v) is 6.22. The number of halogens is 1. The topological polar surface area (TPSA) is 84.9 Å². The van der Waals surface area contributed by atoms with E-state index in [9.17, 15) is 19.1 Å². The third-order valence-electron chi connectivity index (χ3n) is 4.22. The Kier molecular flexibility index (Phi) is 7.80. The predicted octanol–water partition coefficient (Wildman–Crippen LogP) is 3.61. The van der Waals surface area contributed by atoms with E-state index in [-0.39, 0.29) is 6.54 Å². The van der Waals surface area contributed by atoms with Gasteiger partial charge in [0.05, 0.1) is 19.6 Å². The summed E-state index contributed by atoms with van der Waals surface area (Å²) in [5, 5.41) is 12.0. The van der Waals surface area contributed by atoms with Crippen molar-refractivity contribution in [2.45, 2.75) is 25.7 Å². The van der Waals surface area contributed by atoms with Gasteiger partial charge in [-0.2, -0.15) is 0 Å². The van der Waals surface area contributed by atoms with Crippen LogP contribution in [-0.4, -0.2) is 37.2 Å². The highest BCUT2D eigenvalue weighted by Crippen LogP contribution is 2.28. The third kappa shape index (κ3) is 5.70. The summed E-state index contributed by atoms with van der Waals surface area (Å²) >= 11 is 0. The fourth-order valence-corrected chi connectivity index (χ4v) is 2.59. The zero-order chi connectivity index (χ0) is 20.5. The molecule has 0 heterocycles. The number of carboxylic acid groups (broad SMARTS) is 1. The molecule has 0 bridgehead atoms. The number of carbonyl (C=O) groups excluding carboxylic acids is 1. The molecule has 2 aromatic rings. The molecular weight excluding hydrogens is 365 g/mol. The van der Waals surface area contributed by atoms with Crippen molar-refractivity contribution >= 4 is 11.9 Å². The van der Waals surface area contributed by atoms with Crippen LogP contribution in [0.25, 0.3) is 0 Å². The van der Waals surface area contributed by atoms with Crippen LogP contribution < -0.4 is 14.8 Å². The van der Waals surface area contributed by atoms with E-state index in [1.807, 2.05) is 0 Å². The average molecular weight is 389 g/mol. The van der Waals surface area contributed by atoms with Crippen LogP contribution >= 0.6 is 0 Å². The maximum absolute atomic E-state index is 13.0. The lowest BCUT2D eigenvalue weighted by molar-refractivity contribution is -0.138. The summed E-state index contributed by atoms with van der Waals surface area (Å²) in [6.45, 7) is 2.48. The predicted molar refractivity (Wildman–Crippen MR) is 103 cm³/mol. The number of unbranched alkanes of at least 4 members (excludes halogenated alkanes) is 1. The highest BCUT2D eigenvalue weighted by atomic mass is 19.1. The lowest BCUT2D eigenvalue weighted by atomic mass is 9.99. The van der Waals surface area contributed by atoms with E-state index < -0.39 is 23.6 Å². The normalized spacial score (nSPS) is 11.5. The van der Waals surface area contributed by atoms with Crippen molar-refractivity contribution in [1.82, 2.24) is 5.32 Å². The molecule has 0 aliphatic heterocycles. The second kappa shape index (κ2) is 10.3. The number of benzene rings is 2. The Bertz CT molecular complexity index is 807. The van der Waals surface area contributed by atoms with Crippen molar-refractivity contribution in [3.63, 3.8) is 0 Å². The number of rotatable bonds is 10. The molecule has 0 saturated heterocycles. The van der Waals surface area contributed by atoms with Gasteiger partial charge in [0.2, 0.25) is 0 Å². The first-order valence-corrected chi connectivity index (χ1v) is 9.03. The molecule has 1 unspecified atom stereocenters. The van der Waals surface area contributed by atoms with Crippen LogP contribution in [0, 0.1) is 5.82 Å². The Hall–Kier alpha value is -3.09. The number of carboxylic acids is 1. The number of aliphatic carboxylic acids is 1. The Morgan fingerprint density at radius 1 is 1.14 bits per heavy atom. The van der Waals surface area contributed by atoms with Crippen molar-refractivity contribution in [2.24, 2.45) is 0 Å². The molecule has 1 amide bonds. The molecule has 150 valence electrons. The molecule has 0 spiro atoms. The summed E-state index contributed by atoms with van der Waals surface area (Å²) < 4.78 is 24.0. The van der Waals surface area contributed by atoms with Crippen molar-refractivity contribution in [2.75, 3.05) is 20.3 Å². The summed E-state index contributed by atoms with van der Waals surface area (Å²) in [6.07, 6.45) is 1.91. The molecule has 0 radical (unpaired) electrons. The summed E-state index contributed by atoms with van der Waals surface area (Å²) in [4.78, 5) is 24.0. The number of hydrogen-bond acceptors (Lipinski definition) is 4. The van der Waals surface area contributed by atoms with Gasteiger partial charge in [-0.15, -0.1) is 0 Å². The van der Waals surface area contributed by atoms with E-state index >= 15 is 0 Å². The minimum atomic E-state index is -1.11. The summed E-state index contributed by atoms with van der Waals surface area (Å²) in [5.74, 6) is -2.01. The molecule has 28 heavy (non-hydrogen) atoms. The first kappa shape index (κ1) is 21.2. The highest BCUT2D eigenvalue weighted by Gasteiger charge is 2.21. The first-order valence-electron chi connectivity index (χ1n) is 9.03. The lowest BCUT2D eigenvalue weighted by Crippen LogP contribution is -2.31. The molecular formula is C21H24FNO5. The van der Waals surface area contributed by atoms with Gasteiger partial charge in [-0.1, -0.05) is 25.5 Å². The number of amides is 1. The summed E-state index contributed by atoms with van der Waals surface area (Å²) in [7, 11) is 1.48. The van der Waals surface area contributed by atoms with Crippen LogP contribution in [0.5, 0.6) is 11.5 Å². The standard InChI is InChI=1S/C21H24FNO5/c1-3-4-11-28-18-10-7-15(12-19(18)27-2)20(24)23-13-17(21(25)26)14-5-8-16(22)9-6-14/h5-10,12,17H,3-4,11,13H2,1-2H3,(H,23,24)(H,25,26). The molecule has 2 N–H and O–H groups in total. The van der Waals surface area contributed by atoms with Gasteiger partial charge in [0.25, 0.3) is 5.91 Å². The minimum absolute atomic E-state index is 0.128. The first-order chi connectivity index (χ1) is 13.5. The Morgan fingerprint density at radius 2 is 1.86 bits per heavy atom. The van der Waals surface area contributed by atoms with Gasteiger partial charge in [-0.3, -0.25) is 9.59 Å². The van der Waals surface area contributed by atoms with E-state index in [2.05, 4.69) is 12.2 Å². The zero-order valence-electron chi connectivity index (χ0n) is 15.9. The maximum atomic E-state index is 13.0. The van der Waals surface area contributed by atoms with Crippen LogP contribution in [0.4, 0.5) is 4.39 Å². The van der Waals surface area contributed by atoms with Gasteiger partial charge in [0.1, 0.15) is 5.82 Å². The fourth-order valence-electron chi connectivity index (χ4n) is 2.59. The number of ether oxygens (including phenoxy) is 2. The monoisotopic (exact) mass is 389 g/mol. The van der Waals surface area contributed by atoms with Crippen molar-refractivity contribution in [1.29, 1.82) is 0 Å². The van der Waals surface area contributed by atoms with Crippen molar-refractivity contribution < 1.29 is 28.6 Å². The summed E-state index contributed by atoms with van der Waals surface area (Å²) in [5.41, 5.74) is 0.731. The number of hydrogen-bond donors (Lipinski definition) is 2. The van der Waals surface area contributed by atoms with E-state index in [1.54, 1.807) is 18.2 Å². The van der Waals surface area contributed by atoms with Crippen LogP contribution in [0.3, 0.4) is 0 Å². The molecule has 2 aromatic carbocycles. The molecule has 0 saturated carbocycles. The van der Waals surface area contributed by atoms with E-state index in [4.69, 9.17) is 9.47 Å². The third-order valence-corrected chi connectivity index (χ3v) is 4.22. The van der Waals surface area contributed by atoms with Gasteiger partial charge in [0, 0.05) is 12.1 Å². The van der Waals surface area contributed by atoms with Gasteiger partial charge in [-0.25, -0.2) is 4.39 Å². The SMILES string of the molecule is CCCCOc1ccc(C(=O)NCC(C(=O)O)c2ccc(F)cc2)cc1OC. The van der Waals surface area contributed by atoms with Crippen molar-refractivity contribution in [3.05, 3.63) is 59.4 Å². The van der Waals surface area contributed by atoms with E-state index in [1.165, 1.54) is 31.4 Å². The Balaban J connectivity index is 2.06. The van der Waals surface area contributed by atoms with Gasteiger partial charge in [0.15, 0.2) is 11.5 Å². The van der Waals surface area contributed by atoms with E-state index in [0.29, 0.717) is 29.2 Å². The van der Waals surface area contributed by atoms with Crippen molar-refractivity contribution in [3.8, 4) is 11.5 Å². The molecule has 0 aromatic heterocycles.